The summed E-state index contributed by atoms with van der Waals surface area (Å²) in [7, 11) is 1.53. The van der Waals surface area contributed by atoms with Crippen LogP contribution in [-0.4, -0.2) is 43.1 Å². The highest BCUT2D eigenvalue weighted by Crippen LogP contribution is 2.15. The van der Waals surface area contributed by atoms with Crippen molar-refractivity contribution in [3.63, 3.8) is 0 Å². The van der Waals surface area contributed by atoms with E-state index in [2.05, 4.69) is 5.32 Å². The smallest absolute Gasteiger partial charge is 0.129 e. The first-order valence-electron chi connectivity index (χ1n) is 5.95. The second-order valence-corrected chi connectivity index (χ2v) is 4.14. The molecule has 2 atom stereocenters. The Kier molecular flexibility index (Phi) is 6.82. The van der Waals surface area contributed by atoms with Crippen LogP contribution in [0.3, 0.4) is 0 Å². The largest absolute Gasteiger partial charge is 0.391 e. The number of halogens is 1. The number of hydrogen-bond acceptors (Lipinski definition) is 4. The minimum atomic E-state index is -0.884. The zero-order valence-corrected chi connectivity index (χ0v) is 10.5. The van der Waals surface area contributed by atoms with Crippen molar-refractivity contribution in [1.29, 1.82) is 0 Å². The summed E-state index contributed by atoms with van der Waals surface area (Å²) in [6, 6.07) is 6.15. The molecule has 0 radical (unpaired) electrons. The van der Waals surface area contributed by atoms with E-state index >= 15 is 0 Å². The minimum Gasteiger partial charge on any atom is -0.391 e. The minimum absolute atomic E-state index is 0.251. The summed E-state index contributed by atoms with van der Waals surface area (Å²) < 4.78 is 18.1. The van der Waals surface area contributed by atoms with Crippen LogP contribution in [0.15, 0.2) is 24.3 Å². The third-order valence-corrected chi connectivity index (χ3v) is 2.62. The third kappa shape index (κ3) is 5.10. The second kappa shape index (κ2) is 8.16. The Labute approximate surface area is 106 Å². The van der Waals surface area contributed by atoms with Gasteiger partial charge < -0.3 is 20.3 Å². The number of aliphatic hydroxyl groups excluding tert-OH is 2. The number of hydrogen-bond donors (Lipinski definition) is 3. The summed E-state index contributed by atoms with van der Waals surface area (Å²) in [4.78, 5) is 0. The maximum atomic E-state index is 13.3. The van der Waals surface area contributed by atoms with Crippen LogP contribution in [0.2, 0.25) is 0 Å². The van der Waals surface area contributed by atoms with Crippen LogP contribution < -0.4 is 5.32 Å². The van der Waals surface area contributed by atoms with E-state index in [-0.39, 0.29) is 18.7 Å². The topological polar surface area (TPSA) is 61.7 Å². The third-order valence-electron chi connectivity index (χ3n) is 2.62. The Hall–Kier alpha value is -1.01. The molecule has 0 saturated carbocycles. The summed E-state index contributed by atoms with van der Waals surface area (Å²) in [5.41, 5.74) is 0.280. The average molecular weight is 257 g/mol. The molecule has 1 aromatic carbocycles. The van der Waals surface area contributed by atoms with Crippen molar-refractivity contribution < 1.29 is 19.3 Å². The number of nitrogens with one attached hydrogen (secondary N) is 1. The Bertz CT molecular complexity index is 349. The molecule has 0 heterocycles. The van der Waals surface area contributed by atoms with Gasteiger partial charge in [-0.15, -0.1) is 0 Å². The van der Waals surface area contributed by atoms with Crippen molar-refractivity contribution in [2.24, 2.45) is 0 Å². The maximum absolute atomic E-state index is 13.3. The first kappa shape index (κ1) is 15.0. The number of methoxy groups -OCH3 is 1. The van der Waals surface area contributed by atoms with E-state index in [4.69, 9.17) is 4.74 Å². The van der Waals surface area contributed by atoms with Gasteiger partial charge in [0.1, 0.15) is 5.82 Å². The quantitative estimate of drug-likeness (QED) is 0.604. The van der Waals surface area contributed by atoms with Gasteiger partial charge in [-0.05, 0) is 19.0 Å². The van der Waals surface area contributed by atoms with E-state index in [0.717, 1.165) is 0 Å². The molecule has 102 valence electrons. The van der Waals surface area contributed by atoms with Gasteiger partial charge in [0.25, 0.3) is 0 Å². The highest BCUT2D eigenvalue weighted by Gasteiger charge is 2.11. The van der Waals surface area contributed by atoms with Crippen LogP contribution in [0, 0.1) is 5.82 Å². The Morgan fingerprint density at radius 2 is 2.06 bits per heavy atom. The van der Waals surface area contributed by atoms with Crippen molar-refractivity contribution in [3.05, 3.63) is 35.6 Å². The van der Waals surface area contributed by atoms with Crippen LogP contribution in [0.1, 0.15) is 18.1 Å². The number of benzene rings is 1. The monoisotopic (exact) mass is 257 g/mol. The van der Waals surface area contributed by atoms with Gasteiger partial charge in [-0.25, -0.2) is 4.39 Å². The van der Waals surface area contributed by atoms with Crippen molar-refractivity contribution in [2.75, 3.05) is 26.8 Å². The van der Waals surface area contributed by atoms with Crippen LogP contribution in [0.25, 0.3) is 0 Å². The van der Waals surface area contributed by atoms with Crippen LogP contribution in [-0.2, 0) is 4.74 Å². The van der Waals surface area contributed by atoms with Crippen molar-refractivity contribution in [3.8, 4) is 0 Å². The van der Waals surface area contributed by atoms with Gasteiger partial charge in [-0.3, -0.25) is 0 Å². The predicted molar refractivity (Wildman–Crippen MR) is 66.7 cm³/mol. The summed E-state index contributed by atoms with van der Waals surface area (Å²) in [6.07, 6.45) is -0.878. The zero-order valence-electron chi connectivity index (χ0n) is 10.5. The van der Waals surface area contributed by atoms with Gasteiger partial charge in [-0.1, -0.05) is 18.2 Å². The van der Waals surface area contributed by atoms with Gasteiger partial charge in [0, 0.05) is 19.2 Å². The lowest BCUT2D eigenvalue weighted by Gasteiger charge is -2.14. The molecule has 0 aliphatic heterocycles. The Morgan fingerprint density at radius 1 is 1.33 bits per heavy atom. The first-order chi connectivity index (χ1) is 8.65. The molecule has 0 spiro atoms. The first-order valence-corrected chi connectivity index (χ1v) is 5.95. The highest BCUT2D eigenvalue weighted by molar-refractivity contribution is 5.19. The van der Waals surface area contributed by atoms with Gasteiger partial charge in [0.2, 0.25) is 0 Å². The average Bonchev–Trinajstić information content (AvgIpc) is 2.35. The molecule has 1 rings (SSSR count). The molecular weight excluding hydrogens is 237 g/mol. The van der Waals surface area contributed by atoms with E-state index in [1.807, 2.05) is 0 Å². The van der Waals surface area contributed by atoms with Crippen molar-refractivity contribution >= 4 is 0 Å². The normalized spacial score (nSPS) is 14.4. The van der Waals surface area contributed by atoms with Gasteiger partial charge in [0.15, 0.2) is 0 Å². The lowest BCUT2D eigenvalue weighted by atomic mass is 10.1. The maximum Gasteiger partial charge on any atom is 0.129 e. The Balaban J connectivity index is 2.25. The van der Waals surface area contributed by atoms with Crippen molar-refractivity contribution in [2.45, 2.75) is 18.6 Å². The lowest BCUT2D eigenvalue weighted by molar-refractivity contribution is 0.0586. The van der Waals surface area contributed by atoms with Gasteiger partial charge >= 0.3 is 0 Å². The fraction of sp³-hybridized carbons (Fsp3) is 0.538. The molecule has 1 aromatic rings. The molecule has 2 unspecified atom stereocenters. The lowest BCUT2D eigenvalue weighted by Crippen LogP contribution is -2.27. The molecule has 4 nitrogen and oxygen atoms in total. The van der Waals surface area contributed by atoms with E-state index in [0.29, 0.717) is 13.0 Å². The molecule has 0 bridgehead atoms. The van der Waals surface area contributed by atoms with Crippen LogP contribution >= 0.6 is 0 Å². The molecule has 0 saturated heterocycles. The second-order valence-electron chi connectivity index (χ2n) is 4.14. The Morgan fingerprint density at radius 3 is 2.72 bits per heavy atom. The predicted octanol–water partition coefficient (Wildman–Crippen LogP) is 0.846. The number of rotatable bonds is 8. The van der Waals surface area contributed by atoms with Crippen LogP contribution in [0.4, 0.5) is 4.39 Å². The van der Waals surface area contributed by atoms with E-state index in [9.17, 15) is 14.6 Å². The molecule has 0 fully saturated rings. The fourth-order valence-corrected chi connectivity index (χ4v) is 1.64. The summed E-state index contributed by atoms with van der Waals surface area (Å²) in [5.74, 6) is -0.411. The standard InChI is InChI=1S/C13H20FNO3/c1-18-9-10(16)6-7-15-8-13(17)11-4-2-3-5-12(11)14/h2-5,10,13,15-17H,6-9H2,1H3. The van der Waals surface area contributed by atoms with Crippen molar-refractivity contribution in [1.82, 2.24) is 5.32 Å². The summed E-state index contributed by atoms with van der Waals surface area (Å²) in [5, 5.41) is 22.1. The van der Waals surface area contributed by atoms with E-state index in [1.54, 1.807) is 18.2 Å². The molecule has 0 aromatic heterocycles. The fourth-order valence-electron chi connectivity index (χ4n) is 1.64. The highest BCUT2D eigenvalue weighted by atomic mass is 19.1. The molecule has 0 aliphatic rings. The molecule has 0 amide bonds. The zero-order chi connectivity index (χ0) is 13.4. The molecule has 3 N–H and O–H groups in total. The van der Waals surface area contributed by atoms with Crippen LogP contribution in [0.5, 0.6) is 0 Å². The summed E-state index contributed by atoms with van der Waals surface area (Å²) in [6.45, 7) is 1.08. The number of aliphatic hydroxyl groups is 2. The van der Waals surface area contributed by atoms with Gasteiger partial charge in [-0.2, -0.15) is 0 Å². The van der Waals surface area contributed by atoms with Gasteiger partial charge in [0.05, 0.1) is 18.8 Å². The molecule has 5 heteroatoms. The van der Waals surface area contributed by atoms with E-state index < -0.39 is 18.0 Å². The molecule has 0 aliphatic carbocycles. The number of ether oxygens (including phenoxy) is 1. The molecular formula is C13H20FNO3. The summed E-state index contributed by atoms with van der Waals surface area (Å²) >= 11 is 0. The SMILES string of the molecule is COCC(O)CCNCC(O)c1ccccc1F. The molecule has 18 heavy (non-hydrogen) atoms. The van der Waals surface area contributed by atoms with E-state index in [1.165, 1.54) is 13.2 Å².